The highest BCUT2D eigenvalue weighted by Gasteiger charge is 2.13. The zero-order valence-electron chi connectivity index (χ0n) is 11.4. The topological polar surface area (TPSA) is 6.48 Å². The summed E-state index contributed by atoms with van der Waals surface area (Å²) in [5, 5.41) is 0. The van der Waals surface area contributed by atoms with Crippen LogP contribution in [0.3, 0.4) is 0 Å². The van der Waals surface area contributed by atoms with E-state index in [0.29, 0.717) is 5.56 Å². The summed E-state index contributed by atoms with van der Waals surface area (Å²) in [5.74, 6) is -0.00191. The first-order valence-electron chi connectivity index (χ1n) is 6.33. The zero-order valence-corrected chi connectivity index (χ0v) is 12.2. The van der Waals surface area contributed by atoms with Gasteiger partial charge >= 0.3 is 0 Å². The molecular weight excluding hydrogens is 251 g/mol. The van der Waals surface area contributed by atoms with Gasteiger partial charge in [-0.05, 0) is 32.6 Å². The van der Waals surface area contributed by atoms with E-state index in [1.165, 1.54) is 6.07 Å². The number of anilines is 1. The summed E-state index contributed by atoms with van der Waals surface area (Å²) in [6.45, 7) is 4.87. The number of halogens is 2. The van der Waals surface area contributed by atoms with Gasteiger partial charge in [0, 0.05) is 30.9 Å². The Morgan fingerprint density at radius 1 is 1.17 bits per heavy atom. The minimum Gasteiger partial charge on any atom is -0.370 e. The Kier molecular flexibility index (Phi) is 6.44. The first-order valence-corrected chi connectivity index (χ1v) is 6.86. The van der Waals surface area contributed by atoms with E-state index in [9.17, 15) is 4.39 Å². The molecule has 0 radical (unpaired) electrons. The van der Waals surface area contributed by atoms with Crippen LogP contribution in [0.5, 0.6) is 0 Å². The molecule has 1 aromatic rings. The molecule has 0 atom stereocenters. The molecule has 2 nitrogen and oxygen atoms in total. The monoisotopic (exact) mass is 272 g/mol. The SMILES string of the molecule is CCCN(CCN(C)C)c1cccc(F)c1CCl. The van der Waals surface area contributed by atoms with Crippen molar-refractivity contribution in [2.45, 2.75) is 19.2 Å². The summed E-state index contributed by atoms with van der Waals surface area (Å²) in [5.41, 5.74) is 1.53. The van der Waals surface area contributed by atoms with Gasteiger partial charge in [0.25, 0.3) is 0 Å². The molecule has 0 aliphatic carbocycles. The molecule has 0 saturated carbocycles. The molecule has 1 aromatic carbocycles. The van der Waals surface area contributed by atoms with Gasteiger partial charge < -0.3 is 9.80 Å². The van der Waals surface area contributed by atoms with Crippen LogP contribution in [0, 0.1) is 5.82 Å². The molecule has 0 unspecified atom stereocenters. The molecule has 0 spiro atoms. The van der Waals surface area contributed by atoms with E-state index in [1.54, 1.807) is 6.07 Å². The molecule has 0 aromatic heterocycles. The van der Waals surface area contributed by atoms with Crippen molar-refractivity contribution in [1.82, 2.24) is 4.90 Å². The van der Waals surface area contributed by atoms with Crippen LogP contribution in [0.15, 0.2) is 18.2 Å². The number of alkyl halides is 1. The Bertz CT molecular complexity index is 369. The van der Waals surface area contributed by atoms with E-state index in [0.717, 1.165) is 31.7 Å². The van der Waals surface area contributed by atoms with Crippen molar-refractivity contribution < 1.29 is 4.39 Å². The van der Waals surface area contributed by atoms with Crippen LogP contribution in [-0.4, -0.2) is 38.6 Å². The lowest BCUT2D eigenvalue weighted by atomic mass is 10.1. The lowest BCUT2D eigenvalue weighted by Gasteiger charge is -2.28. The molecule has 0 aliphatic heterocycles. The molecule has 0 amide bonds. The standard InChI is InChI=1S/C14H22ClFN2/c1-4-8-18(10-9-17(2)3)14-7-5-6-13(16)12(14)11-15/h5-7H,4,8-11H2,1-3H3. The van der Waals surface area contributed by atoms with Crippen LogP contribution in [0.25, 0.3) is 0 Å². The van der Waals surface area contributed by atoms with E-state index in [1.807, 2.05) is 20.2 Å². The zero-order chi connectivity index (χ0) is 13.5. The van der Waals surface area contributed by atoms with Gasteiger partial charge in [-0.25, -0.2) is 4.39 Å². The second-order valence-electron chi connectivity index (χ2n) is 4.66. The van der Waals surface area contributed by atoms with Crippen LogP contribution >= 0.6 is 11.6 Å². The Morgan fingerprint density at radius 3 is 2.44 bits per heavy atom. The molecular formula is C14H22ClFN2. The van der Waals surface area contributed by atoms with Crippen molar-refractivity contribution in [3.63, 3.8) is 0 Å². The number of nitrogens with zero attached hydrogens (tertiary/aromatic N) is 2. The van der Waals surface area contributed by atoms with E-state index >= 15 is 0 Å². The van der Waals surface area contributed by atoms with Crippen molar-refractivity contribution >= 4 is 17.3 Å². The van der Waals surface area contributed by atoms with Crippen LogP contribution in [0.1, 0.15) is 18.9 Å². The van der Waals surface area contributed by atoms with Gasteiger partial charge in [-0.2, -0.15) is 0 Å². The van der Waals surface area contributed by atoms with Crippen molar-refractivity contribution in [3.05, 3.63) is 29.6 Å². The summed E-state index contributed by atoms with van der Waals surface area (Å²) in [6.07, 6.45) is 1.03. The molecule has 0 saturated heterocycles. The average molecular weight is 273 g/mol. The fourth-order valence-electron chi connectivity index (χ4n) is 1.92. The largest absolute Gasteiger partial charge is 0.370 e. The number of rotatable bonds is 7. The first-order chi connectivity index (χ1) is 8.60. The van der Waals surface area contributed by atoms with E-state index in [2.05, 4.69) is 16.7 Å². The van der Waals surface area contributed by atoms with Gasteiger partial charge in [-0.15, -0.1) is 11.6 Å². The van der Waals surface area contributed by atoms with Crippen molar-refractivity contribution in [2.24, 2.45) is 0 Å². The van der Waals surface area contributed by atoms with Gasteiger partial charge in [0.1, 0.15) is 5.82 Å². The maximum atomic E-state index is 13.7. The fourth-order valence-corrected chi connectivity index (χ4v) is 2.18. The number of benzene rings is 1. The molecule has 18 heavy (non-hydrogen) atoms. The molecule has 0 N–H and O–H groups in total. The third-order valence-electron chi connectivity index (χ3n) is 2.88. The van der Waals surface area contributed by atoms with E-state index < -0.39 is 0 Å². The summed E-state index contributed by atoms with van der Waals surface area (Å²) in [4.78, 5) is 4.34. The predicted molar refractivity (Wildman–Crippen MR) is 77.0 cm³/mol. The summed E-state index contributed by atoms with van der Waals surface area (Å²) >= 11 is 5.87. The fraction of sp³-hybridized carbons (Fsp3) is 0.571. The van der Waals surface area contributed by atoms with Gasteiger partial charge in [0.05, 0.1) is 5.88 Å². The smallest absolute Gasteiger partial charge is 0.129 e. The highest BCUT2D eigenvalue weighted by molar-refractivity contribution is 6.17. The third-order valence-corrected chi connectivity index (χ3v) is 3.15. The summed E-state index contributed by atoms with van der Waals surface area (Å²) in [7, 11) is 4.08. The Hall–Kier alpha value is -0.800. The minimum absolute atomic E-state index is 0.212. The molecule has 4 heteroatoms. The lowest BCUT2D eigenvalue weighted by molar-refractivity contribution is 0.412. The van der Waals surface area contributed by atoms with Crippen LogP contribution in [-0.2, 0) is 5.88 Å². The number of likely N-dealkylation sites (N-methyl/N-ethyl adjacent to an activating group) is 1. The van der Waals surface area contributed by atoms with E-state index in [-0.39, 0.29) is 11.7 Å². The van der Waals surface area contributed by atoms with Crippen molar-refractivity contribution in [3.8, 4) is 0 Å². The second-order valence-corrected chi connectivity index (χ2v) is 4.93. The average Bonchev–Trinajstić information content (AvgIpc) is 2.34. The molecule has 102 valence electrons. The van der Waals surface area contributed by atoms with Crippen molar-refractivity contribution in [1.29, 1.82) is 0 Å². The van der Waals surface area contributed by atoms with Gasteiger partial charge in [-0.1, -0.05) is 13.0 Å². The van der Waals surface area contributed by atoms with Gasteiger partial charge in [0.2, 0.25) is 0 Å². The van der Waals surface area contributed by atoms with Crippen LogP contribution < -0.4 is 4.90 Å². The molecule has 0 heterocycles. The second kappa shape index (κ2) is 7.59. The lowest BCUT2D eigenvalue weighted by Crippen LogP contribution is -2.33. The molecule has 1 rings (SSSR count). The highest BCUT2D eigenvalue weighted by atomic mass is 35.5. The first kappa shape index (κ1) is 15.3. The van der Waals surface area contributed by atoms with E-state index in [4.69, 9.17) is 11.6 Å². The summed E-state index contributed by atoms with van der Waals surface area (Å²) in [6, 6.07) is 5.17. The van der Waals surface area contributed by atoms with Crippen LogP contribution in [0.4, 0.5) is 10.1 Å². The van der Waals surface area contributed by atoms with Crippen molar-refractivity contribution in [2.75, 3.05) is 38.6 Å². The highest BCUT2D eigenvalue weighted by Crippen LogP contribution is 2.25. The Morgan fingerprint density at radius 2 is 1.89 bits per heavy atom. The molecule has 0 bridgehead atoms. The predicted octanol–water partition coefficient (Wildman–Crippen LogP) is 3.34. The number of hydrogen-bond donors (Lipinski definition) is 0. The van der Waals surface area contributed by atoms with Crippen LogP contribution in [0.2, 0.25) is 0 Å². The Labute approximate surface area is 114 Å². The minimum atomic E-state index is -0.214. The third kappa shape index (κ3) is 4.14. The van der Waals surface area contributed by atoms with Gasteiger partial charge in [0.15, 0.2) is 0 Å². The maximum Gasteiger partial charge on any atom is 0.129 e. The van der Waals surface area contributed by atoms with Gasteiger partial charge in [-0.3, -0.25) is 0 Å². The molecule has 0 fully saturated rings. The maximum absolute atomic E-state index is 13.7. The molecule has 0 aliphatic rings. The summed E-state index contributed by atoms with van der Waals surface area (Å²) < 4.78 is 13.7. The Balaban J connectivity index is 2.93. The number of hydrogen-bond acceptors (Lipinski definition) is 2. The quantitative estimate of drug-likeness (QED) is 0.703. The normalized spacial score (nSPS) is 11.0.